The SMILES string of the molecule is CCCCNC(=O)[C@H](CC)N(Cc1ccc(Cl)cc1)C(=O)CN(c1ccc(C)cc1C)S(=O)(=O)c1ccccc1. The van der Waals surface area contributed by atoms with E-state index in [0.717, 1.165) is 33.8 Å². The quantitative estimate of drug-likeness (QED) is 0.255. The molecule has 0 unspecified atom stereocenters. The lowest BCUT2D eigenvalue weighted by Crippen LogP contribution is -2.52. The van der Waals surface area contributed by atoms with Crippen molar-refractivity contribution < 1.29 is 18.0 Å². The molecule has 3 aromatic rings. The zero-order chi connectivity index (χ0) is 29.3. The number of nitrogens with zero attached hydrogens (tertiary/aromatic N) is 2. The van der Waals surface area contributed by atoms with Crippen molar-refractivity contribution in [3.05, 3.63) is 94.5 Å². The number of halogens is 1. The van der Waals surface area contributed by atoms with Gasteiger partial charge < -0.3 is 10.2 Å². The van der Waals surface area contributed by atoms with Crippen LogP contribution in [0.15, 0.2) is 77.7 Å². The molecular formula is C31H38ClN3O4S. The van der Waals surface area contributed by atoms with E-state index in [1.54, 1.807) is 48.5 Å². The van der Waals surface area contributed by atoms with Crippen LogP contribution < -0.4 is 9.62 Å². The van der Waals surface area contributed by atoms with E-state index in [2.05, 4.69) is 5.32 Å². The van der Waals surface area contributed by atoms with Crippen LogP contribution in [0.2, 0.25) is 5.02 Å². The van der Waals surface area contributed by atoms with Gasteiger partial charge in [0.15, 0.2) is 0 Å². The summed E-state index contributed by atoms with van der Waals surface area (Å²) in [7, 11) is -4.10. The van der Waals surface area contributed by atoms with Crippen molar-refractivity contribution in [1.82, 2.24) is 10.2 Å². The Balaban J connectivity index is 2.05. The van der Waals surface area contributed by atoms with Crippen molar-refractivity contribution >= 4 is 39.1 Å². The lowest BCUT2D eigenvalue weighted by atomic mass is 10.1. The highest BCUT2D eigenvalue weighted by Gasteiger charge is 2.34. The van der Waals surface area contributed by atoms with Crippen LogP contribution in [0.5, 0.6) is 0 Å². The van der Waals surface area contributed by atoms with Crippen LogP contribution >= 0.6 is 11.6 Å². The van der Waals surface area contributed by atoms with Crippen LogP contribution in [0, 0.1) is 13.8 Å². The molecule has 0 saturated heterocycles. The van der Waals surface area contributed by atoms with E-state index in [1.165, 1.54) is 17.0 Å². The van der Waals surface area contributed by atoms with Gasteiger partial charge in [0.2, 0.25) is 11.8 Å². The zero-order valence-corrected chi connectivity index (χ0v) is 25.1. The van der Waals surface area contributed by atoms with Gasteiger partial charge in [-0.2, -0.15) is 0 Å². The number of amides is 2. The van der Waals surface area contributed by atoms with Gasteiger partial charge in [0.05, 0.1) is 10.6 Å². The molecule has 0 heterocycles. The molecule has 2 amide bonds. The van der Waals surface area contributed by atoms with Gasteiger partial charge in [0, 0.05) is 18.1 Å². The third-order valence-electron chi connectivity index (χ3n) is 6.71. The fourth-order valence-electron chi connectivity index (χ4n) is 4.53. The third-order valence-corrected chi connectivity index (χ3v) is 8.74. The zero-order valence-electron chi connectivity index (χ0n) is 23.6. The molecule has 0 radical (unpaired) electrons. The molecule has 3 rings (SSSR count). The maximum absolute atomic E-state index is 14.1. The van der Waals surface area contributed by atoms with Crippen molar-refractivity contribution in [2.24, 2.45) is 0 Å². The molecule has 0 aliphatic carbocycles. The monoisotopic (exact) mass is 583 g/mol. The van der Waals surface area contributed by atoms with Gasteiger partial charge in [-0.25, -0.2) is 8.42 Å². The molecule has 7 nitrogen and oxygen atoms in total. The fraction of sp³-hybridized carbons (Fsp3) is 0.355. The third kappa shape index (κ3) is 7.86. The first kappa shape index (κ1) is 31.2. The summed E-state index contributed by atoms with van der Waals surface area (Å²) in [5, 5.41) is 3.49. The van der Waals surface area contributed by atoms with Crippen LogP contribution in [0.4, 0.5) is 5.69 Å². The Labute approximate surface area is 243 Å². The van der Waals surface area contributed by atoms with Crippen LogP contribution in [-0.4, -0.2) is 44.3 Å². The molecule has 214 valence electrons. The van der Waals surface area contributed by atoms with Gasteiger partial charge in [-0.1, -0.05) is 79.9 Å². The highest BCUT2D eigenvalue weighted by atomic mass is 35.5. The fourth-order valence-corrected chi connectivity index (χ4v) is 6.16. The second kappa shape index (κ2) is 14.3. The number of hydrogen-bond donors (Lipinski definition) is 1. The normalized spacial score (nSPS) is 12.0. The number of benzene rings is 3. The lowest BCUT2D eigenvalue weighted by Gasteiger charge is -2.33. The first-order valence-corrected chi connectivity index (χ1v) is 15.4. The number of sulfonamides is 1. The number of anilines is 1. The molecule has 9 heteroatoms. The predicted molar refractivity (Wildman–Crippen MR) is 161 cm³/mol. The lowest BCUT2D eigenvalue weighted by molar-refractivity contribution is -0.140. The first-order chi connectivity index (χ1) is 19.1. The van der Waals surface area contributed by atoms with Gasteiger partial charge in [0.1, 0.15) is 12.6 Å². The highest BCUT2D eigenvalue weighted by Crippen LogP contribution is 2.28. The Hall–Kier alpha value is -3.36. The average molecular weight is 584 g/mol. The summed E-state index contributed by atoms with van der Waals surface area (Å²) in [5.74, 6) is -0.742. The van der Waals surface area contributed by atoms with Crippen LogP contribution in [0.3, 0.4) is 0 Å². The smallest absolute Gasteiger partial charge is 0.264 e. The number of nitrogens with one attached hydrogen (secondary N) is 1. The number of carbonyl (C=O) groups excluding carboxylic acids is 2. The van der Waals surface area contributed by atoms with Gasteiger partial charge in [0.25, 0.3) is 10.0 Å². The van der Waals surface area contributed by atoms with E-state index in [1.807, 2.05) is 39.8 Å². The molecule has 0 saturated carbocycles. The summed E-state index contributed by atoms with van der Waals surface area (Å²) >= 11 is 6.07. The largest absolute Gasteiger partial charge is 0.354 e. The Kier molecular flexibility index (Phi) is 11.2. The summed E-state index contributed by atoms with van der Waals surface area (Å²) in [6.07, 6.45) is 2.11. The molecule has 0 fully saturated rings. The number of hydrogen-bond acceptors (Lipinski definition) is 4. The summed E-state index contributed by atoms with van der Waals surface area (Å²) in [6, 6.07) is 19.8. The molecule has 40 heavy (non-hydrogen) atoms. The second-order valence-corrected chi connectivity index (χ2v) is 12.1. The minimum Gasteiger partial charge on any atom is -0.354 e. The molecule has 1 atom stereocenters. The maximum Gasteiger partial charge on any atom is 0.264 e. The number of aryl methyl sites for hydroxylation is 2. The second-order valence-electron chi connectivity index (χ2n) is 9.83. The highest BCUT2D eigenvalue weighted by molar-refractivity contribution is 7.92. The summed E-state index contributed by atoms with van der Waals surface area (Å²) in [6.45, 7) is 7.79. The van der Waals surface area contributed by atoms with E-state index in [9.17, 15) is 18.0 Å². The van der Waals surface area contributed by atoms with Crippen molar-refractivity contribution in [3.63, 3.8) is 0 Å². The van der Waals surface area contributed by atoms with Crippen LogP contribution in [0.25, 0.3) is 0 Å². The Morgan fingerprint density at radius 1 is 0.950 bits per heavy atom. The molecule has 3 aromatic carbocycles. The van der Waals surface area contributed by atoms with Crippen LogP contribution in [0.1, 0.15) is 49.8 Å². The van der Waals surface area contributed by atoms with Crippen molar-refractivity contribution in [2.45, 2.75) is 64.4 Å². The first-order valence-electron chi connectivity index (χ1n) is 13.5. The van der Waals surface area contributed by atoms with Crippen molar-refractivity contribution in [3.8, 4) is 0 Å². The minimum absolute atomic E-state index is 0.0800. The maximum atomic E-state index is 14.1. The van der Waals surface area contributed by atoms with Crippen LogP contribution in [-0.2, 0) is 26.2 Å². The molecule has 0 bridgehead atoms. The summed E-state index contributed by atoms with van der Waals surface area (Å²) < 4.78 is 29.0. The molecule has 0 aromatic heterocycles. The number of carbonyl (C=O) groups is 2. The molecule has 1 N–H and O–H groups in total. The molecule has 0 aliphatic heterocycles. The Morgan fingerprint density at radius 3 is 2.23 bits per heavy atom. The average Bonchev–Trinajstić information content (AvgIpc) is 2.93. The Morgan fingerprint density at radius 2 is 1.62 bits per heavy atom. The van der Waals surface area contributed by atoms with Crippen molar-refractivity contribution in [2.75, 3.05) is 17.4 Å². The predicted octanol–water partition coefficient (Wildman–Crippen LogP) is 5.88. The minimum atomic E-state index is -4.10. The van der Waals surface area contributed by atoms with E-state index in [4.69, 9.17) is 11.6 Å². The van der Waals surface area contributed by atoms with Crippen molar-refractivity contribution in [1.29, 1.82) is 0 Å². The Bertz CT molecular complexity index is 1400. The van der Waals surface area contributed by atoms with Gasteiger partial charge in [-0.05, 0) is 68.1 Å². The number of unbranched alkanes of at least 4 members (excludes halogenated alkanes) is 1. The molecule has 0 aliphatic rings. The van der Waals surface area contributed by atoms with E-state index in [-0.39, 0.29) is 17.3 Å². The van der Waals surface area contributed by atoms with E-state index < -0.39 is 28.5 Å². The topological polar surface area (TPSA) is 86.8 Å². The van der Waals surface area contributed by atoms with Gasteiger partial charge in [-0.15, -0.1) is 0 Å². The summed E-state index contributed by atoms with van der Waals surface area (Å²) in [5.41, 5.74) is 2.89. The summed E-state index contributed by atoms with van der Waals surface area (Å²) in [4.78, 5) is 28.9. The van der Waals surface area contributed by atoms with Gasteiger partial charge in [-0.3, -0.25) is 13.9 Å². The molecule has 0 spiro atoms. The van der Waals surface area contributed by atoms with E-state index >= 15 is 0 Å². The standard InChI is InChI=1S/C31H38ClN3O4S/c1-5-7-19-33-31(37)28(6-2)34(21-25-14-16-26(32)17-15-25)30(36)22-35(29-18-13-23(3)20-24(29)4)40(38,39)27-11-9-8-10-12-27/h8-18,20,28H,5-7,19,21-22H2,1-4H3,(H,33,37)/t28-/m0/s1. The van der Waals surface area contributed by atoms with Gasteiger partial charge >= 0.3 is 0 Å². The molecular weight excluding hydrogens is 546 g/mol. The number of rotatable bonds is 13. The van der Waals surface area contributed by atoms with E-state index in [0.29, 0.717) is 23.7 Å².